The number of carboxylic acid groups (broad SMARTS) is 1. The topological polar surface area (TPSA) is 120 Å². The number of halogens is 4. The molecule has 2 N–H and O–H groups in total. The Balaban J connectivity index is 2.31. The molecule has 1 atom stereocenters. The first kappa shape index (κ1) is 37.6. The third kappa shape index (κ3) is 11.4. The van der Waals surface area contributed by atoms with Crippen LogP contribution >= 0.6 is 90.4 Å². The lowest BCUT2D eigenvalue weighted by Crippen LogP contribution is -2.45. The number of aliphatic carboxylic acids is 1. The second-order valence-corrected chi connectivity index (χ2v) is 21.3. The van der Waals surface area contributed by atoms with Gasteiger partial charge in [-0.25, -0.2) is 14.4 Å². The number of ether oxygens (including phenoxy) is 3. The van der Waals surface area contributed by atoms with E-state index < -0.39 is 44.6 Å². The summed E-state index contributed by atoms with van der Waals surface area (Å²) in [6.07, 6.45) is -0.756. The Labute approximate surface area is 302 Å². The first-order valence-electron chi connectivity index (χ1n) is 12.8. The van der Waals surface area contributed by atoms with Gasteiger partial charge in [0.1, 0.15) is 23.1 Å². The minimum Gasteiger partial charge on any atom is -0.542 e. The van der Waals surface area contributed by atoms with E-state index in [9.17, 15) is 14.4 Å². The summed E-state index contributed by atoms with van der Waals surface area (Å²) in [5, 5.41) is 11.5. The van der Waals surface area contributed by atoms with Gasteiger partial charge < -0.3 is 29.1 Å². The average Bonchev–Trinajstić information content (AvgIpc) is 2.80. The Morgan fingerprint density at radius 2 is 1.38 bits per heavy atom. The number of amides is 1. The fourth-order valence-corrected chi connectivity index (χ4v) is 8.66. The van der Waals surface area contributed by atoms with E-state index in [2.05, 4.69) is 130 Å². The third-order valence-electron chi connectivity index (χ3n) is 6.17. The summed E-state index contributed by atoms with van der Waals surface area (Å²) in [5.41, 5.74) is -0.0691. The molecule has 1 amide bonds. The highest BCUT2D eigenvalue weighted by Gasteiger charge is 2.40. The number of carboxylic acids is 1. The molecule has 0 heterocycles. The van der Waals surface area contributed by atoms with Crippen LogP contribution in [0.3, 0.4) is 0 Å². The van der Waals surface area contributed by atoms with E-state index in [1.807, 2.05) is 24.3 Å². The molecular weight excluding hydrogens is 1010 g/mol. The molecule has 232 valence electrons. The number of benzene rings is 2. The quantitative estimate of drug-likeness (QED) is 0.139. The van der Waals surface area contributed by atoms with E-state index in [4.69, 9.17) is 23.7 Å². The molecule has 42 heavy (non-hydrogen) atoms. The van der Waals surface area contributed by atoms with Crippen molar-refractivity contribution in [2.45, 2.75) is 77.7 Å². The van der Waals surface area contributed by atoms with Gasteiger partial charge in [-0.05, 0) is 159 Å². The maximum absolute atomic E-state index is 12.7. The van der Waals surface area contributed by atoms with Gasteiger partial charge in [0.2, 0.25) is 0 Å². The molecule has 0 aliphatic carbocycles. The zero-order valence-electron chi connectivity index (χ0n) is 24.6. The fourth-order valence-electron chi connectivity index (χ4n) is 3.16. The Morgan fingerprint density at radius 3 is 1.83 bits per heavy atom. The van der Waals surface area contributed by atoms with Gasteiger partial charge in [-0.2, -0.15) is 0 Å². The van der Waals surface area contributed by atoms with Crippen molar-refractivity contribution >= 4 is 117 Å². The van der Waals surface area contributed by atoms with Crippen LogP contribution in [0.1, 0.15) is 47.1 Å². The average molecular weight is 1050 g/mol. The van der Waals surface area contributed by atoms with Crippen molar-refractivity contribution in [3.8, 4) is 17.2 Å². The van der Waals surface area contributed by atoms with Gasteiger partial charge in [0.05, 0.1) is 14.3 Å². The normalized spacial score (nSPS) is 12.8. The van der Waals surface area contributed by atoms with Crippen LogP contribution in [0, 0.1) is 14.3 Å². The van der Waals surface area contributed by atoms with Crippen LogP contribution in [0.25, 0.3) is 0 Å². The van der Waals surface area contributed by atoms with E-state index in [1.165, 1.54) is 0 Å². The van der Waals surface area contributed by atoms with Crippen molar-refractivity contribution in [3.63, 3.8) is 0 Å². The van der Waals surface area contributed by atoms with E-state index in [-0.39, 0.29) is 11.5 Å². The van der Waals surface area contributed by atoms with E-state index >= 15 is 0 Å². The van der Waals surface area contributed by atoms with Gasteiger partial charge in [0.15, 0.2) is 12.4 Å². The van der Waals surface area contributed by atoms with Crippen LogP contribution in [-0.4, -0.2) is 49.7 Å². The molecule has 0 radical (unpaired) electrons. The highest BCUT2D eigenvalue weighted by atomic mass is 127. The van der Waals surface area contributed by atoms with Crippen LogP contribution in [0.2, 0.25) is 18.1 Å². The standard InChI is InChI=1S/C28H35I4NO8Si/c1-27(2,3)40-26(37)33-21(25(36)38-14-22(34)35)11-15-9-17(29)23(18(30)10-15)39-16-12-19(31)24(20(32)13-16)41-42(7,8)28(4,5)6/h9-10,12-13,21H,11,14H2,1-8H3,(H,33,37)(H,34,35)/t21-/m0/s1. The van der Waals surface area contributed by atoms with E-state index in [0.717, 1.165) is 20.0 Å². The number of carbonyl (C=O) groups is 3. The molecule has 2 rings (SSSR count). The van der Waals surface area contributed by atoms with Gasteiger partial charge >= 0.3 is 18.0 Å². The predicted molar refractivity (Wildman–Crippen MR) is 197 cm³/mol. The van der Waals surface area contributed by atoms with Gasteiger partial charge in [-0.15, -0.1) is 0 Å². The summed E-state index contributed by atoms with van der Waals surface area (Å²) in [6, 6.07) is 6.43. The molecule has 9 nitrogen and oxygen atoms in total. The van der Waals surface area contributed by atoms with Crippen LogP contribution in [0.4, 0.5) is 4.79 Å². The van der Waals surface area contributed by atoms with Crippen LogP contribution < -0.4 is 14.5 Å². The lowest BCUT2D eigenvalue weighted by Gasteiger charge is -2.37. The van der Waals surface area contributed by atoms with Crippen LogP contribution in [-0.2, 0) is 25.5 Å². The summed E-state index contributed by atoms with van der Waals surface area (Å²) in [5.74, 6) is 0.00577. The van der Waals surface area contributed by atoms with Crippen molar-refractivity contribution in [1.29, 1.82) is 0 Å². The summed E-state index contributed by atoms with van der Waals surface area (Å²) in [4.78, 5) is 36.0. The Morgan fingerprint density at radius 1 is 0.881 bits per heavy atom. The number of alkyl carbamates (subject to hydrolysis) is 1. The molecule has 0 aromatic heterocycles. The zero-order valence-corrected chi connectivity index (χ0v) is 34.2. The summed E-state index contributed by atoms with van der Waals surface area (Å²) < 4.78 is 26.6. The highest BCUT2D eigenvalue weighted by molar-refractivity contribution is 14.1. The number of nitrogens with one attached hydrogen (secondary N) is 1. The van der Waals surface area contributed by atoms with Crippen molar-refractivity contribution in [2.75, 3.05) is 6.61 Å². The zero-order chi connectivity index (χ0) is 32.2. The van der Waals surface area contributed by atoms with Crippen molar-refractivity contribution < 1.29 is 38.1 Å². The summed E-state index contributed by atoms with van der Waals surface area (Å²) in [7, 11) is -2.03. The molecule has 2 aromatic carbocycles. The molecule has 0 unspecified atom stereocenters. The lowest BCUT2D eigenvalue weighted by molar-refractivity contribution is -0.156. The minimum atomic E-state index is -2.03. The monoisotopic (exact) mass is 1050 g/mol. The van der Waals surface area contributed by atoms with Gasteiger partial charge in [-0.1, -0.05) is 20.8 Å². The molecule has 0 saturated carbocycles. The molecule has 0 aliphatic heterocycles. The fraction of sp³-hybridized carbons (Fsp3) is 0.464. The Kier molecular flexibility index (Phi) is 13.5. The molecule has 0 saturated heterocycles. The maximum atomic E-state index is 12.7. The molecule has 0 fully saturated rings. The first-order valence-corrected chi connectivity index (χ1v) is 20.0. The highest BCUT2D eigenvalue weighted by Crippen LogP contribution is 2.42. The van der Waals surface area contributed by atoms with Gasteiger partial charge in [0, 0.05) is 6.42 Å². The predicted octanol–water partition coefficient (Wildman–Crippen LogP) is 8.34. The first-order chi connectivity index (χ1) is 19.1. The molecule has 0 aliphatic rings. The molecule has 0 bridgehead atoms. The van der Waals surface area contributed by atoms with E-state index in [0.29, 0.717) is 17.1 Å². The summed E-state index contributed by atoms with van der Waals surface area (Å²) in [6.45, 7) is 15.3. The summed E-state index contributed by atoms with van der Waals surface area (Å²) >= 11 is 8.88. The number of hydrogen-bond acceptors (Lipinski definition) is 7. The second kappa shape index (κ2) is 15.1. The third-order valence-corrected chi connectivity index (χ3v) is 13.7. The van der Waals surface area contributed by atoms with Crippen molar-refractivity contribution in [2.24, 2.45) is 0 Å². The number of hydrogen-bond donors (Lipinski definition) is 2. The maximum Gasteiger partial charge on any atom is 0.408 e. The number of rotatable bonds is 10. The number of esters is 1. The molecular formula is C28H35I4NO8Si. The number of carbonyl (C=O) groups excluding carboxylic acids is 2. The molecule has 2 aromatic rings. The smallest absolute Gasteiger partial charge is 0.408 e. The largest absolute Gasteiger partial charge is 0.542 e. The van der Waals surface area contributed by atoms with Crippen LogP contribution in [0.5, 0.6) is 17.2 Å². The second-order valence-electron chi connectivity index (χ2n) is 12.0. The van der Waals surface area contributed by atoms with Crippen LogP contribution in [0.15, 0.2) is 24.3 Å². The van der Waals surface area contributed by atoms with Gasteiger partial charge in [0.25, 0.3) is 8.32 Å². The lowest BCUT2D eigenvalue weighted by atomic mass is 10.1. The Bertz CT molecular complexity index is 1290. The Hall–Kier alpha value is -0.613. The van der Waals surface area contributed by atoms with E-state index in [1.54, 1.807) is 20.8 Å². The SMILES string of the molecule is CC(C)(C)OC(=O)N[C@@H](Cc1cc(I)c(Oc2cc(I)c(O[Si](C)(C)C(C)(C)C)c(I)c2)c(I)c1)C(=O)OCC(=O)O. The van der Waals surface area contributed by atoms with Crippen molar-refractivity contribution in [1.82, 2.24) is 5.32 Å². The minimum absolute atomic E-state index is 0.0548. The molecule has 0 spiro atoms. The van der Waals surface area contributed by atoms with Crippen molar-refractivity contribution in [3.05, 3.63) is 44.1 Å². The molecule has 14 heteroatoms. The van der Waals surface area contributed by atoms with Gasteiger partial charge in [-0.3, -0.25) is 0 Å².